The van der Waals surface area contributed by atoms with E-state index >= 15 is 0 Å². The van der Waals surface area contributed by atoms with E-state index < -0.39 is 0 Å². The van der Waals surface area contributed by atoms with Crippen molar-refractivity contribution in [2.24, 2.45) is 0 Å². The zero-order valence-corrected chi connectivity index (χ0v) is 9.18. The molecule has 1 unspecified atom stereocenters. The normalized spacial score (nSPS) is 23.1. The highest BCUT2D eigenvalue weighted by Crippen LogP contribution is 2.15. The molecule has 1 atom stereocenters. The molecule has 0 spiro atoms. The minimum atomic E-state index is 0.714. The van der Waals surface area contributed by atoms with E-state index in [0.717, 1.165) is 12.8 Å². The van der Waals surface area contributed by atoms with Gasteiger partial charge in [0.25, 0.3) is 0 Å². The standard InChI is InChI=1S/C13H21N/c1-3-4-5-8-12(2)11-13-9-6-7-10-14-13/h1,8,13-14H,4-7,9-11H2,2H3. The first-order valence-electron chi connectivity index (χ1n) is 5.65. The summed E-state index contributed by atoms with van der Waals surface area (Å²) in [5.74, 6) is 2.67. The van der Waals surface area contributed by atoms with E-state index in [0.29, 0.717) is 6.04 Å². The Morgan fingerprint density at radius 1 is 1.57 bits per heavy atom. The first-order chi connectivity index (χ1) is 6.83. The summed E-state index contributed by atoms with van der Waals surface area (Å²) in [7, 11) is 0. The minimum absolute atomic E-state index is 0.714. The number of allylic oxidation sites excluding steroid dienone is 1. The van der Waals surface area contributed by atoms with E-state index in [1.807, 2.05) is 0 Å². The van der Waals surface area contributed by atoms with E-state index in [-0.39, 0.29) is 0 Å². The fourth-order valence-electron chi connectivity index (χ4n) is 1.97. The van der Waals surface area contributed by atoms with Crippen LogP contribution in [0.4, 0.5) is 0 Å². The third-order valence-electron chi connectivity index (χ3n) is 2.76. The lowest BCUT2D eigenvalue weighted by molar-refractivity contribution is 0.398. The molecule has 0 aromatic rings. The molecule has 0 amide bonds. The Bertz CT molecular complexity index is 216. The second kappa shape index (κ2) is 6.68. The second-order valence-electron chi connectivity index (χ2n) is 4.14. The van der Waals surface area contributed by atoms with Crippen molar-refractivity contribution in [3.05, 3.63) is 11.6 Å². The summed E-state index contributed by atoms with van der Waals surface area (Å²) in [6, 6.07) is 0.714. The van der Waals surface area contributed by atoms with Crippen LogP contribution in [0.1, 0.15) is 45.4 Å². The molecule has 1 nitrogen and oxygen atoms in total. The first-order valence-corrected chi connectivity index (χ1v) is 5.65. The zero-order chi connectivity index (χ0) is 10.2. The number of terminal acetylenes is 1. The molecule has 14 heavy (non-hydrogen) atoms. The Morgan fingerprint density at radius 3 is 3.07 bits per heavy atom. The van der Waals surface area contributed by atoms with E-state index in [1.165, 1.54) is 37.8 Å². The summed E-state index contributed by atoms with van der Waals surface area (Å²) < 4.78 is 0. The molecule has 0 bridgehead atoms. The van der Waals surface area contributed by atoms with Gasteiger partial charge in [-0.3, -0.25) is 0 Å². The van der Waals surface area contributed by atoms with Crippen molar-refractivity contribution in [1.82, 2.24) is 5.32 Å². The van der Waals surface area contributed by atoms with Crippen LogP contribution in [0.15, 0.2) is 11.6 Å². The Kier molecular flexibility index (Phi) is 5.40. The number of hydrogen-bond donors (Lipinski definition) is 1. The van der Waals surface area contributed by atoms with Gasteiger partial charge in [0.05, 0.1) is 0 Å². The van der Waals surface area contributed by atoms with Gasteiger partial charge in [0, 0.05) is 12.5 Å². The van der Waals surface area contributed by atoms with E-state index in [9.17, 15) is 0 Å². The molecule has 1 heterocycles. The highest BCUT2D eigenvalue weighted by Gasteiger charge is 2.11. The molecule has 1 N–H and O–H groups in total. The molecule has 0 radical (unpaired) electrons. The maximum atomic E-state index is 5.21. The predicted octanol–water partition coefficient (Wildman–Crippen LogP) is 2.88. The average molecular weight is 191 g/mol. The SMILES string of the molecule is C#CCCC=C(C)CC1CCCCN1. The molecule has 1 fully saturated rings. The topological polar surface area (TPSA) is 12.0 Å². The van der Waals surface area contributed by atoms with Crippen molar-refractivity contribution >= 4 is 0 Å². The van der Waals surface area contributed by atoms with Crippen molar-refractivity contribution in [3.8, 4) is 12.3 Å². The molecule has 1 aliphatic heterocycles. The van der Waals surface area contributed by atoms with Crippen LogP contribution in [0.25, 0.3) is 0 Å². The lowest BCUT2D eigenvalue weighted by Crippen LogP contribution is -2.33. The van der Waals surface area contributed by atoms with Crippen molar-refractivity contribution in [2.45, 2.75) is 51.5 Å². The van der Waals surface area contributed by atoms with Gasteiger partial charge in [-0.25, -0.2) is 0 Å². The maximum absolute atomic E-state index is 5.21. The molecule has 0 aromatic heterocycles. The van der Waals surface area contributed by atoms with Gasteiger partial charge >= 0.3 is 0 Å². The molecular formula is C13H21N. The van der Waals surface area contributed by atoms with E-state index in [2.05, 4.69) is 24.2 Å². The van der Waals surface area contributed by atoms with Gasteiger partial charge < -0.3 is 5.32 Å². The van der Waals surface area contributed by atoms with Crippen LogP contribution < -0.4 is 5.32 Å². The molecule has 1 heteroatoms. The summed E-state index contributed by atoms with van der Waals surface area (Å²) in [6.07, 6.45) is 14.7. The molecular weight excluding hydrogens is 170 g/mol. The quantitative estimate of drug-likeness (QED) is 0.409. The first kappa shape index (κ1) is 11.3. The van der Waals surface area contributed by atoms with Gasteiger partial charge in [-0.1, -0.05) is 18.1 Å². The van der Waals surface area contributed by atoms with Crippen LogP contribution in [0.5, 0.6) is 0 Å². The molecule has 1 aliphatic rings. The third-order valence-corrected chi connectivity index (χ3v) is 2.76. The van der Waals surface area contributed by atoms with Gasteiger partial charge in [0.15, 0.2) is 0 Å². The Labute approximate surface area is 88.0 Å². The fraction of sp³-hybridized carbons (Fsp3) is 0.692. The number of unbranched alkanes of at least 4 members (excludes halogenated alkanes) is 1. The monoisotopic (exact) mass is 191 g/mol. The van der Waals surface area contributed by atoms with Crippen molar-refractivity contribution in [1.29, 1.82) is 0 Å². The van der Waals surface area contributed by atoms with Crippen molar-refractivity contribution < 1.29 is 0 Å². The molecule has 1 saturated heterocycles. The Balaban J connectivity index is 2.21. The maximum Gasteiger partial charge on any atom is 0.0121 e. The van der Waals surface area contributed by atoms with Crippen LogP contribution in [-0.4, -0.2) is 12.6 Å². The second-order valence-corrected chi connectivity index (χ2v) is 4.14. The largest absolute Gasteiger partial charge is 0.314 e. The summed E-state index contributed by atoms with van der Waals surface area (Å²) in [5.41, 5.74) is 1.49. The van der Waals surface area contributed by atoms with E-state index in [4.69, 9.17) is 6.42 Å². The molecule has 1 rings (SSSR count). The van der Waals surface area contributed by atoms with Crippen LogP contribution in [0.3, 0.4) is 0 Å². The Morgan fingerprint density at radius 2 is 2.43 bits per heavy atom. The van der Waals surface area contributed by atoms with Crippen LogP contribution in [0, 0.1) is 12.3 Å². The number of rotatable bonds is 4. The van der Waals surface area contributed by atoms with Gasteiger partial charge in [0.1, 0.15) is 0 Å². The van der Waals surface area contributed by atoms with Gasteiger partial charge in [-0.2, -0.15) is 0 Å². The number of nitrogens with one attached hydrogen (secondary N) is 1. The smallest absolute Gasteiger partial charge is 0.0121 e. The molecule has 78 valence electrons. The van der Waals surface area contributed by atoms with Crippen LogP contribution in [0.2, 0.25) is 0 Å². The highest BCUT2D eigenvalue weighted by molar-refractivity contribution is 5.02. The van der Waals surface area contributed by atoms with Gasteiger partial charge in [-0.15, -0.1) is 12.3 Å². The predicted molar refractivity (Wildman–Crippen MR) is 62.1 cm³/mol. The van der Waals surface area contributed by atoms with Gasteiger partial charge in [-0.05, 0) is 39.2 Å². The highest BCUT2D eigenvalue weighted by atomic mass is 14.9. The van der Waals surface area contributed by atoms with Crippen molar-refractivity contribution in [2.75, 3.05) is 6.54 Å². The molecule has 0 aromatic carbocycles. The van der Waals surface area contributed by atoms with Crippen LogP contribution >= 0.6 is 0 Å². The fourth-order valence-corrected chi connectivity index (χ4v) is 1.97. The van der Waals surface area contributed by atoms with Crippen LogP contribution in [-0.2, 0) is 0 Å². The third kappa shape index (κ3) is 4.48. The number of piperidine rings is 1. The summed E-state index contributed by atoms with van der Waals surface area (Å²) in [6.45, 7) is 3.41. The van der Waals surface area contributed by atoms with Gasteiger partial charge in [0.2, 0.25) is 0 Å². The lowest BCUT2D eigenvalue weighted by atomic mass is 9.98. The number of hydrogen-bond acceptors (Lipinski definition) is 1. The molecule has 0 saturated carbocycles. The minimum Gasteiger partial charge on any atom is -0.314 e. The molecule has 0 aliphatic carbocycles. The lowest BCUT2D eigenvalue weighted by Gasteiger charge is -2.23. The zero-order valence-electron chi connectivity index (χ0n) is 9.18. The summed E-state index contributed by atoms with van der Waals surface area (Å²) in [5, 5.41) is 3.56. The Hall–Kier alpha value is -0.740. The summed E-state index contributed by atoms with van der Waals surface area (Å²) in [4.78, 5) is 0. The summed E-state index contributed by atoms with van der Waals surface area (Å²) >= 11 is 0. The van der Waals surface area contributed by atoms with Crippen molar-refractivity contribution in [3.63, 3.8) is 0 Å². The average Bonchev–Trinajstić information content (AvgIpc) is 2.20. The van der Waals surface area contributed by atoms with E-state index in [1.54, 1.807) is 0 Å².